The first kappa shape index (κ1) is 56.0. The van der Waals surface area contributed by atoms with Crippen LogP contribution in [0.5, 0.6) is 0 Å². The zero-order valence-corrected chi connectivity index (χ0v) is 37.2. The molecule has 0 saturated heterocycles. The number of hydrogen-bond donors (Lipinski definition) is 6. The van der Waals surface area contributed by atoms with Crippen molar-refractivity contribution in [3.05, 3.63) is 134 Å². The molecule has 13 nitrogen and oxygen atoms in total. The van der Waals surface area contributed by atoms with Crippen molar-refractivity contribution in [1.29, 1.82) is 0 Å². The fourth-order valence-electron chi connectivity index (χ4n) is 5.44. The number of aliphatic hydroxyl groups excluding tert-OH is 5. The third-order valence-corrected chi connectivity index (χ3v) is 9.85. The number of aliphatic hydroxyl groups is 5. The van der Waals surface area contributed by atoms with E-state index >= 15 is 0 Å². The van der Waals surface area contributed by atoms with Gasteiger partial charge in [0.05, 0.1) is 6.61 Å². The lowest BCUT2D eigenvalue weighted by molar-refractivity contribution is -0.220. The molecule has 0 aromatic rings. The van der Waals surface area contributed by atoms with E-state index in [1.165, 1.54) is 0 Å². The van der Waals surface area contributed by atoms with Crippen LogP contribution < -0.4 is 0 Å². The lowest BCUT2D eigenvalue weighted by Gasteiger charge is -2.41. The molecular weight excluding hydrogens is 815 g/mol. The van der Waals surface area contributed by atoms with Crippen LogP contribution >= 0.6 is 7.82 Å². The average Bonchev–Trinajstić information content (AvgIpc) is 3.25. The molecule has 1 saturated carbocycles. The van der Waals surface area contributed by atoms with Gasteiger partial charge in [-0.2, -0.15) is 0 Å². The Morgan fingerprint density at radius 3 is 1.42 bits per heavy atom. The number of phosphoric acid groups is 1. The molecule has 0 radical (unpaired) electrons. The standard InChI is InChI=1S/C48H71O13P/c1-3-5-7-9-11-13-15-17-18-19-20-21-22-23-25-26-28-30-32-34-36-41(49)58-38-40(39-59-62(56,57)61-48-46(54)44(52)43(51)45(53)47(48)55)60-42(50)37-35-33-31-29-27-24-16-14-12-10-8-6-4-2/h5-8,10-14,16-18,20-21,23-25,27-31,40,43-48,51-55H,3-4,9,15,19,22,26,32-39H2,1-2H3,(H,56,57)/b7-5+,8-6+,12-10+,13-11+,16-14+,18-17+,21-20+,25-23+,27-24+,30-28+,31-29+/t40?,43?,44-,45?,46?,47?,48?/m0/s1. The Labute approximate surface area is 368 Å². The normalized spacial score (nSPS) is 23.2. The van der Waals surface area contributed by atoms with E-state index in [9.17, 15) is 44.6 Å². The zero-order valence-electron chi connectivity index (χ0n) is 36.3. The maximum atomic E-state index is 12.8. The molecule has 14 heteroatoms. The lowest BCUT2D eigenvalue weighted by atomic mass is 9.85. The van der Waals surface area contributed by atoms with E-state index in [1.54, 1.807) is 0 Å². The van der Waals surface area contributed by atoms with Crippen LogP contribution in [0.4, 0.5) is 0 Å². The van der Waals surface area contributed by atoms with Crippen molar-refractivity contribution in [2.75, 3.05) is 13.2 Å². The molecule has 1 rings (SSSR count). The molecule has 0 heterocycles. The Balaban J connectivity index is 2.58. The fraction of sp³-hybridized carbons (Fsp3) is 0.500. The minimum Gasteiger partial charge on any atom is -0.462 e. The lowest BCUT2D eigenvalue weighted by Crippen LogP contribution is -2.64. The number of ether oxygens (including phenoxy) is 2. The summed E-state index contributed by atoms with van der Waals surface area (Å²) in [5, 5.41) is 50.1. The molecule has 0 aromatic carbocycles. The van der Waals surface area contributed by atoms with Gasteiger partial charge < -0.3 is 39.9 Å². The van der Waals surface area contributed by atoms with Crippen molar-refractivity contribution in [2.24, 2.45) is 0 Å². The van der Waals surface area contributed by atoms with Crippen LogP contribution in [0, 0.1) is 0 Å². The molecular formula is C48H71O13P. The van der Waals surface area contributed by atoms with Crippen molar-refractivity contribution in [3.8, 4) is 0 Å². The van der Waals surface area contributed by atoms with Crippen molar-refractivity contribution in [2.45, 2.75) is 140 Å². The summed E-state index contributed by atoms with van der Waals surface area (Å²) in [7, 11) is -5.16. The van der Waals surface area contributed by atoms with Gasteiger partial charge in [0.2, 0.25) is 0 Å². The van der Waals surface area contributed by atoms with Crippen LogP contribution in [0.3, 0.4) is 0 Å². The van der Waals surface area contributed by atoms with Gasteiger partial charge in [0.1, 0.15) is 43.2 Å². The van der Waals surface area contributed by atoms with Gasteiger partial charge in [0.25, 0.3) is 0 Å². The number of hydrogen-bond acceptors (Lipinski definition) is 12. The van der Waals surface area contributed by atoms with Gasteiger partial charge >= 0.3 is 19.8 Å². The van der Waals surface area contributed by atoms with E-state index in [4.69, 9.17) is 18.5 Å². The maximum Gasteiger partial charge on any atom is 0.472 e. The van der Waals surface area contributed by atoms with Gasteiger partial charge in [0, 0.05) is 12.8 Å². The van der Waals surface area contributed by atoms with Gasteiger partial charge in [-0.25, -0.2) is 4.57 Å². The number of phosphoric ester groups is 1. The highest BCUT2D eigenvalue weighted by Crippen LogP contribution is 2.47. The Morgan fingerprint density at radius 1 is 0.516 bits per heavy atom. The Hall–Kier alpha value is -4.01. The quantitative estimate of drug-likeness (QED) is 0.0125. The molecule has 1 aliphatic carbocycles. The molecule has 0 spiro atoms. The monoisotopic (exact) mass is 886 g/mol. The summed E-state index contributed by atoms with van der Waals surface area (Å²) >= 11 is 0. The van der Waals surface area contributed by atoms with Crippen LogP contribution in [0.1, 0.15) is 97.3 Å². The molecule has 0 aromatic heterocycles. The summed E-state index contributed by atoms with van der Waals surface area (Å²) in [6, 6.07) is 0. The van der Waals surface area contributed by atoms with Crippen molar-refractivity contribution in [1.82, 2.24) is 0 Å². The van der Waals surface area contributed by atoms with Crippen LogP contribution in [0.2, 0.25) is 0 Å². The Bertz CT molecular complexity index is 1590. The van der Waals surface area contributed by atoms with Crippen molar-refractivity contribution >= 4 is 19.8 Å². The molecule has 0 bridgehead atoms. The van der Waals surface area contributed by atoms with Gasteiger partial charge in [0.15, 0.2) is 6.10 Å². The first-order valence-corrected chi connectivity index (χ1v) is 23.1. The van der Waals surface area contributed by atoms with Crippen LogP contribution in [-0.2, 0) is 32.7 Å². The van der Waals surface area contributed by atoms with Gasteiger partial charge in [-0.15, -0.1) is 0 Å². The third-order valence-electron chi connectivity index (χ3n) is 8.87. The van der Waals surface area contributed by atoms with E-state index in [2.05, 4.69) is 74.6 Å². The van der Waals surface area contributed by atoms with E-state index < -0.39 is 75.7 Å². The highest BCUT2D eigenvalue weighted by Gasteiger charge is 2.51. The molecule has 0 amide bonds. The minimum atomic E-state index is -5.16. The van der Waals surface area contributed by atoms with Crippen molar-refractivity contribution < 1.29 is 63.1 Å². The predicted octanol–water partition coefficient (Wildman–Crippen LogP) is 7.99. The highest BCUT2D eigenvalue weighted by atomic mass is 31.2. The first-order valence-electron chi connectivity index (χ1n) is 21.6. The van der Waals surface area contributed by atoms with E-state index in [1.807, 2.05) is 72.9 Å². The largest absolute Gasteiger partial charge is 0.472 e. The molecule has 1 fully saturated rings. The summed E-state index contributed by atoms with van der Waals surface area (Å²) in [5.74, 6) is -1.27. The third kappa shape index (κ3) is 28.6. The Morgan fingerprint density at radius 2 is 0.919 bits per heavy atom. The number of carbonyl (C=O) groups excluding carboxylic acids is 2. The first-order chi connectivity index (χ1) is 29.9. The second-order valence-corrected chi connectivity index (χ2v) is 15.6. The second kappa shape index (κ2) is 36.5. The molecule has 62 heavy (non-hydrogen) atoms. The number of carbonyl (C=O) groups is 2. The minimum absolute atomic E-state index is 0.0215. The summed E-state index contributed by atoms with van der Waals surface area (Å²) in [4.78, 5) is 35.6. The average molecular weight is 887 g/mol. The van der Waals surface area contributed by atoms with Crippen LogP contribution in [-0.4, -0.2) is 98.3 Å². The summed E-state index contributed by atoms with van der Waals surface area (Å²) in [6.07, 6.45) is 39.6. The van der Waals surface area contributed by atoms with E-state index in [-0.39, 0.29) is 12.8 Å². The molecule has 1 aliphatic rings. The molecule has 8 atom stereocenters. The fourth-order valence-corrected chi connectivity index (χ4v) is 6.42. The number of rotatable bonds is 32. The molecule has 346 valence electrons. The van der Waals surface area contributed by atoms with Crippen LogP contribution in [0.25, 0.3) is 0 Å². The summed E-state index contributed by atoms with van der Waals surface area (Å²) < 4.78 is 33.3. The van der Waals surface area contributed by atoms with Gasteiger partial charge in [-0.3, -0.25) is 18.6 Å². The topological polar surface area (TPSA) is 210 Å². The Kier molecular flexibility index (Phi) is 32.9. The molecule has 0 aliphatic heterocycles. The molecule has 6 N–H and O–H groups in total. The smallest absolute Gasteiger partial charge is 0.462 e. The maximum absolute atomic E-state index is 12.8. The number of unbranched alkanes of at least 4 members (excludes halogenated alkanes) is 2. The van der Waals surface area contributed by atoms with Gasteiger partial charge in [-0.05, 0) is 70.6 Å². The van der Waals surface area contributed by atoms with E-state index in [0.717, 1.165) is 44.9 Å². The number of esters is 2. The SMILES string of the molecule is CC/C=C/C=C/C=C/C=C/C=C/CCCC(=O)OC(COC(=O)CCC/C=C/C/C=C/C/C=C/C/C=C/C/C=C/C/C=C/CC)COP(=O)(O)OC1C(O)C(O)C(O)[C@H](O)C1O. The zero-order chi connectivity index (χ0) is 45.7. The van der Waals surface area contributed by atoms with Crippen LogP contribution in [0.15, 0.2) is 134 Å². The van der Waals surface area contributed by atoms with Gasteiger partial charge in [-0.1, -0.05) is 148 Å². The molecule has 7 unspecified atom stereocenters. The highest BCUT2D eigenvalue weighted by molar-refractivity contribution is 7.47. The summed E-state index contributed by atoms with van der Waals surface area (Å²) in [5.41, 5.74) is 0. The second-order valence-electron chi connectivity index (χ2n) is 14.2. The summed E-state index contributed by atoms with van der Waals surface area (Å²) in [6.45, 7) is 2.89. The number of allylic oxidation sites excluding steroid dienone is 22. The van der Waals surface area contributed by atoms with Crippen molar-refractivity contribution in [3.63, 3.8) is 0 Å². The van der Waals surface area contributed by atoms with E-state index in [0.29, 0.717) is 25.7 Å². The predicted molar refractivity (Wildman–Crippen MR) is 243 cm³/mol.